The van der Waals surface area contributed by atoms with E-state index in [9.17, 15) is 9.90 Å². The van der Waals surface area contributed by atoms with Crippen LogP contribution in [0, 0.1) is 6.92 Å². The summed E-state index contributed by atoms with van der Waals surface area (Å²) in [5.41, 5.74) is 3.32. The van der Waals surface area contributed by atoms with Gasteiger partial charge in [0.2, 0.25) is 0 Å². The molecule has 4 heteroatoms. The van der Waals surface area contributed by atoms with Crippen LogP contribution in [0.1, 0.15) is 42.5 Å². The van der Waals surface area contributed by atoms with Gasteiger partial charge in [0.05, 0.1) is 12.6 Å². The molecule has 2 aromatic rings. The van der Waals surface area contributed by atoms with Crippen molar-refractivity contribution in [3.05, 3.63) is 65.2 Å². The van der Waals surface area contributed by atoms with E-state index in [4.69, 9.17) is 4.74 Å². The lowest BCUT2D eigenvalue weighted by atomic mass is 9.94. The Balaban J connectivity index is 2.09. The molecule has 0 radical (unpaired) electrons. The molecule has 0 aromatic heterocycles. The molecule has 0 bridgehead atoms. The Morgan fingerprint density at radius 1 is 1.24 bits per heavy atom. The van der Waals surface area contributed by atoms with Crippen LogP contribution in [0.2, 0.25) is 0 Å². The molecule has 0 aliphatic carbocycles. The van der Waals surface area contributed by atoms with E-state index in [1.54, 1.807) is 0 Å². The molecule has 1 saturated heterocycles. The first kappa shape index (κ1) is 17.5. The van der Waals surface area contributed by atoms with Crippen molar-refractivity contribution in [2.75, 3.05) is 13.2 Å². The lowest BCUT2D eigenvalue weighted by molar-refractivity contribution is -0.142. The molecule has 1 heterocycles. The van der Waals surface area contributed by atoms with Gasteiger partial charge >= 0.3 is 5.97 Å². The molecule has 2 unspecified atom stereocenters. The van der Waals surface area contributed by atoms with Crippen LogP contribution in [0.15, 0.2) is 48.5 Å². The quantitative estimate of drug-likeness (QED) is 0.863. The molecule has 2 aromatic carbocycles. The number of carboxylic acid groups (broad SMARTS) is 1. The number of nitrogens with zero attached hydrogens (tertiary/aromatic N) is 1. The van der Waals surface area contributed by atoms with Crippen molar-refractivity contribution >= 4 is 5.97 Å². The Kier molecular flexibility index (Phi) is 5.39. The Labute approximate surface area is 149 Å². The number of carbonyl (C=O) groups is 1. The molecule has 1 fully saturated rings. The monoisotopic (exact) mass is 339 g/mol. The zero-order valence-electron chi connectivity index (χ0n) is 14.8. The minimum Gasteiger partial charge on any atom is -0.494 e. The summed E-state index contributed by atoms with van der Waals surface area (Å²) >= 11 is 0. The summed E-state index contributed by atoms with van der Waals surface area (Å²) in [6, 6.07) is 15.7. The highest BCUT2D eigenvalue weighted by Crippen LogP contribution is 2.39. The van der Waals surface area contributed by atoms with Gasteiger partial charge in [-0.25, -0.2) is 0 Å². The van der Waals surface area contributed by atoms with E-state index >= 15 is 0 Å². The molecule has 132 valence electrons. The molecule has 0 spiro atoms. The Morgan fingerprint density at radius 2 is 1.96 bits per heavy atom. The van der Waals surface area contributed by atoms with Crippen molar-refractivity contribution in [1.82, 2.24) is 4.90 Å². The maximum absolute atomic E-state index is 11.8. The number of ether oxygens (including phenoxy) is 1. The number of likely N-dealkylation sites (tertiary alicyclic amines) is 1. The Morgan fingerprint density at radius 3 is 2.64 bits per heavy atom. The van der Waals surface area contributed by atoms with Crippen molar-refractivity contribution in [3.63, 3.8) is 0 Å². The molecule has 25 heavy (non-hydrogen) atoms. The van der Waals surface area contributed by atoms with Gasteiger partial charge in [-0.1, -0.05) is 48.0 Å². The number of rotatable bonds is 6. The summed E-state index contributed by atoms with van der Waals surface area (Å²) in [4.78, 5) is 13.9. The second-order valence-corrected chi connectivity index (χ2v) is 6.52. The standard InChI is InChI=1S/C21H25NO3/c1-3-25-19-9-5-4-7-17(19)20(16-12-10-15(2)11-13-16)22-14-6-8-18(22)21(23)24/h4-5,7,9-13,18,20H,3,6,8,14H2,1-2H3,(H,23,24). The highest BCUT2D eigenvalue weighted by Gasteiger charge is 2.37. The Hall–Kier alpha value is -2.33. The van der Waals surface area contributed by atoms with E-state index in [2.05, 4.69) is 36.1 Å². The minimum absolute atomic E-state index is 0.119. The summed E-state index contributed by atoms with van der Waals surface area (Å²) in [5, 5.41) is 9.67. The first-order chi connectivity index (χ1) is 12.1. The third-order valence-electron chi connectivity index (χ3n) is 4.82. The van der Waals surface area contributed by atoms with Crippen LogP contribution >= 0.6 is 0 Å². The van der Waals surface area contributed by atoms with Gasteiger partial charge in [-0.3, -0.25) is 9.69 Å². The first-order valence-corrected chi connectivity index (χ1v) is 8.88. The molecule has 3 rings (SSSR count). The van der Waals surface area contributed by atoms with Crippen molar-refractivity contribution in [2.45, 2.75) is 38.8 Å². The van der Waals surface area contributed by atoms with Crippen LogP contribution in [0.25, 0.3) is 0 Å². The lowest BCUT2D eigenvalue weighted by Gasteiger charge is -2.33. The van der Waals surface area contributed by atoms with E-state index in [-0.39, 0.29) is 6.04 Å². The number of aryl methyl sites for hydroxylation is 1. The number of hydrogen-bond donors (Lipinski definition) is 1. The van der Waals surface area contributed by atoms with E-state index in [0.29, 0.717) is 13.0 Å². The van der Waals surface area contributed by atoms with Crippen molar-refractivity contribution in [2.24, 2.45) is 0 Å². The van der Waals surface area contributed by atoms with Crippen LogP contribution in [0.4, 0.5) is 0 Å². The third kappa shape index (κ3) is 3.69. The topological polar surface area (TPSA) is 49.8 Å². The Bertz CT molecular complexity index is 726. The molecule has 0 amide bonds. The van der Waals surface area contributed by atoms with Crippen LogP contribution in [-0.4, -0.2) is 35.2 Å². The summed E-state index contributed by atoms with van der Waals surface area (Å²) in [5.74, 6) is 0.0788. The molecule has 1 aliphatic heterocycles. The summed E-state index contributed by atoms with van der Waals surface area (Å²) < 4.78 is 5.84. The fourth-order valence-corrected chi connectivity index (χ4v) is 3.66. The van der Waals surface area contributed by atoms with Crippen LogP contribution < -0.4 is 4.74 Å². The van der Waals surface area contributed by atoms with E-state index < -0.39 is 12.0 Å². The van der Waals surface area contributed by atoms with Gasteiger partial charge < -0.3 is 9.84 Å². The minimum atomic E-state index is -0.747. The van der Waals surface area contributed by atoms with E-state index in [0.717, 1.165) is 29.8 Å². The molecule has 1 aliphatic rings. The summed E-state index contributed by atoms with van der Waals surface area (Å²) in [6.45, 7) is 5.38. The largest absolute Gasteiger partial charge is 0.494 e. The van der Waals surface area contributed by atoms with Crippen LogP contribution in [0.5, 0.6) is 5.75 Å². The lowest BCUT2D eigenvalue weighted by Crippen LogP contribution is -2.39. The van der Waals surface area contributed by atoms with Gasteiger partial charge in [0.15, 0.2) is 0 Å². The normalized spacial score (nSPS) is 18.9. The average molecular weight is 339 g/mol. The molecule has 1 N–H and O–H groups in total. The summed E-state index contributed by atoms with van der Waals surface area (Å²) in [6.07, 6.45) is 1.59. The van der Waals surface area contributed by atoms with Crippen molar-refractivity contribution in [1.29, 1.82) is 0 Å². The molecule has 4 nitrogen and oxygen atoms in total. The van der Waals surface area contributed by atoms with Gasteiger partial charge in [0, 0.05) is 12.1 Å². The number of carboxylic acids is 1. The van der Waals surface area contributed by atoms with Crippen LogP contribution in [0.3, 0.4) is 0 Å². The number of benzene rings is 2. The fourth-order valence-electron chi connectivity index (χ4n) is 3.66. The van der Waals surface area contributed by atoms with Gasteiger partial charge in [0.1, 0.15) is 11.8 Å². The predicted octanol–water partition coefficient (Wildman–Crippen LogP) is 4.03. The molecule has 0 saturated carbocycles. The van der Waals surface area contributed by atoms with Gasteiger partial charge in [-0.2, -0.15) is 0 Å². The van der Waals surface area contributed by atoms with Crippen LogP contribution in [-0.2, 0) is 4.79 Å². The SMILES string of the molecule is CCOc1ccccc1C(c1ccc(C)cc1)N1CCCC1C(=O)O. The van der Waals surface area contributed by atoms with E-state index in [1.165, 1.54) is 5.56 Å². The zero-order valence-corrected chi connectivity index (χ0v) is 14.8. The number of hydrogen-bond acceptors (Lipinski definition) is 3. The van der Waals surface area contributed by atoms with Crippen molar-refractivity contribution < 1.29 is 14.6 Å². The zero-order chi connectivity index (χ0) is 17.8. The maximum Gasteiger partial charge on any atom is 0.320 e. The predicted molar refractivity (Wildman–Crippen MR) is 98.0 cm³/mol. The highest BCUT2D eigenvalue weighted by molar-refractivity contribution is 5.74. The molecular weight excluding hydrogens is 314 g/mol. The average Bonchev–Trinajstić information content (AvgIpc) is 3.08. The number of para-hydroxylation sites is 1. The van der Waals surface area contributed by atoms with Gasteiger partial charge in [0.25, 0.3) is 0 Å². The maximum atomic E-state index is 11.8. The smallest absolute Gasteiger partial charge is 0.320 e. The second-order valence-electron chi connectivity index (χ2n) is 6.52. The first-order valence-electron chi connectivity index (χ1n) is 8.88. The van der Waals surface area contributed by atoms with Gasteiger partial charge in [-0.05, 0) is 38.3 Å². The highest BCUT2D eigenvalue weighted by atomic mass is 16.5. The molecule has 2 atom stereocenters. The van der Waals surface area contributed by atoms with E-state index in [1.807, 2.05) is 31.2 Å². The second kappa shape index (κ2) is 7.70. The fraction of sp³-hybridized carbons (Fsp3) is 0.381. The third-order valence-corrected chi connectivity index (χ3v) is 4.82. The van der Waals surface area contributed by atoms with Gasteiger partial charge in [-0.15, -0.1) is 0 Å². The molecular formula is C21H25NO3. The number of aliphatic carboxylic acids is 1. The summed E-state index contributed by atoms with van der Waals surface area (Å²) in [7, 11) is 0. The van der Waals surface area contributed by atoms with Crippen molar-refractivity contribution in [3.8, 4) is 5.75 Å².